The van der Waals surface area contributed by atoms with Gasteiger partial charge in [-0.2, -0.15) is 0 Å². The Labute approximate surface area is 88.2 Å². The molecular weight excluding hydrogens is 228 g/mol. The molecule has 0 aliphatic rings. The summed E-state index contributed by atoms with van der Waals surface area (Å²) >= 11 is 3.53. The summed E-state index contributed by atoms with van der Waals surface area (Å²) in [6.07, 6.45) is 0. The van der Waals surface area contributed by atoms with E-state index < -0.39 is 0 Å². The Balaban J connectivity index is 3.22. The van der Waals surface area contributed by atoms with E-state index in [-0.39, 0.29) is 0 Å². The zero-order valence-corrected chi connectivity index (χ0v) is 10.1. The van der Waals surface area contributed by atoms with Crippen LogP contribution in [0.2, 0.25) is 0 Å². The number of hydrogen-bond donors (Lipinski definition) is 0. The van der Waals surface area contributed by atoms with Crippen molar-refractivity contribution in [2.75, 3.05) is 7.11 Å². The van der Waals surface area contributed by atoms with Crippen molar-refractivity contribution in [2.45, 2.75) is 26.7 Å². The van der Waals surface area contributed by atoms with E-state index in [0.717, 1.165) is 15.8 Å². The van der Waals surface area contributed by atoms with Gasteiger partial charge in [0.1, 0.15) is 5.75 Å². The van der Waals surface area contributed by atoms with Crippen molar-refractivity contribution in [1.82, 2.24) is 0 Å². The van der Waals surface area contributed by atoms with Gasteiger partial charge in [0.15, 0.2) is 0 Å². The topological polar surface area (TPSA) is 9.23 Å². The van der Waals surface area contributed by atoms with Crippen molar-refractivity contribution >= 4 is 15.9 Å². The van der Waals surface area contributed by atoms with Crippen molar-refractivity contribution in [3.8, 4) is 5.75 Å². The van der Waals surface area contributed by atoms with Crippen LogP contribution in [0, 0.1) is 6.92 Å². The normalized spacial score (nSPS) is 10.6. The quantitative estimate of drug-likeness (QED) is 0.765. The Morgan fingerprint density at radius 1 is 1.31 bits per heavy atom. The second-order valence-electron chi connectivity index (χ2n) is 3.48. The molecule has 0 spiro atoms. The third-order valence-corrected chi connectivity index (χ3v) is 3.03. The summed E-state index contributed by atoms with van der Waals surface area (Å²) in [4.78, 5) is 0. The number of ether oxygens (including phenoxy) is 1. The zero-order chi connectivity index (χ0) is 10.0. The molecule has 13 heavy (non-hydrogen) atoms. The molecule has 0 aliphatic heterocycles. The molecular formula is C11H15BrO. The SMILES string of the molecule is COc1cc(C(C)C)cc(Br)c1C. The first-order valence-corrected chi connectivity index (χ1v) is 5.19. The molecule has 1 nitrogen and oxygen atoms in total. The molecule has 0 atom stereocenters. The van der Waals surface area contributed by atoms with Gasteiger partial charge in [-0.1, -0.05) is 29.8 Å². The van der Waals surface area contributed by atoms with Crippen LogP contribution in [0.4, 0.5) is 0 Å². The first-order chi connectivity index (χ1) is 6.06. The van der Waals surface area contributed by atoms with Crippen molar-refractivity contribution < 1.29 is 4.74 Å². The van der Waals surface area contributed by atoms with Crippen LogP contribution in [-0.4, -0.2) is 7.11 Å². The third kappa shape index (κ3) is 2.25. The van der Waals surface area contributed by atoms with E-state index in [1.165, 1.54) is 5.56 Å². The maximum Gasteiger partial charge on any atom is 0.123 e. The smallest absolute Gasteiger partial charge is 0.123 e. The largest absolute Gasteiger partial charge is 0.496 e. The van der Waals surface area contributed by atoms with Crippen molar-refractivity contribution in [3.63, 3.8) is 0 Å². The lowest BCUT2D eigenvalue weighted by molar-refractivity contribution is 0.410. The van der Waals surface area contributed by atoms with Crippen molar-refractivity contribution in [1.29, 1.82) is 0 Å². The molecule has 1 aromatic carbocycles. The molecule has 0 bridgehead atoms. The molecule has 2 heteroatoms. The summed E-state index contributed by atoms with van der Waals surface area (Å²) in [6, 6.07) is 4.26. The number of methoxy groups -OCH3 is 1. The average Bonchev–Trinajstić information content (AvgIpc) is 2.09. The molecule has 0 saturated heterocycles. The summed E-state index contributed by atoms with van der Waals surface area (Å²) in [5, 5.41) is 0. The second-order valence-corrected chi connectivity index (χ2v) is 4.34. The Hall–Kier alpha value is -0.500. The molecule has 0 amide bonds. The lowest BCUT2D eigenvalue weighted by Gasteiger charge is -2.12. The molecule has 1 aromatic rings. The number of halogens is 1. The average molecular weight is 243 g/mol. The number of benzene rings is 1. The van der Waals surface area contributed by atoms with Gasteiger partial charge >= 0.3 is 0 Å². The van der Waals surface area contributed by atoms with Gasteiger partial charge in [0.2, 0.25) is 0 Å². The van der Waals surface area contributed by atoms with E-state index in [1.54, 1.807) is 7.11 Å². The van der Waals surface area contributed by atoms with Crippen LogP contribution in [0.15, 0.2) is 16.6 Å². The van der Waals surface area contributed by atoms with Crippen molar-refractivity contribution in [2.24, 2.45) is 0 Å². The van der Waals surface area contributed by atoms with E-state index in [1.807, 2.05) is 6.92 Å². The molecule has 0 saturated carbocycles. The Bertz CT molecular complexity index is 305. The van der Waals surface area contributed by atoms with E-state index >= 15 is 0 Å². The molecule has 0 N–H and O–H groups in total. The predicted molar refractivity (Wildman–Crippen MR) is 59.5 cm³/mol. The van der Waals surface area contributed by atoms with Gasteiger partial charge < -0.3 is 4.74 Å². The highest BCUT2D eigenvalue weighted by Crippen LogP contribution is 2.30. The van der Waals surface area contributed by atoms with E-state index in [0.29, 0.717) is 5.92 Å². The highest BCUT2D eigenvalue weighted by atomic mass is 79.9. The van der Waals surface area contributed by atoms with Crippen LogP contribution in [0.25, 0.3) is 0 Å². The second kappa shape index (κ2) is 4.14. The standard InChI is InChI=1S/C11H15BrO/c1-7(2)9-5-10(12)8(3)11(6-9)13-4/h5-7H,1-4H3. The van der Waals surface area contributed by atoms with Crippen LogP contribution >= 0.6 is 15.9 Å². The summed E-state index contributed by atoms with van der Waals surface area (Å²) < 4.78 is 6.41. The Morgan fingerprint density at radius 2 is 1.92 bits per heavy atom. The predicted octanol–water partition coefficient (Wildman–Crippen LogP) is 3.89. The molecule has 0 unspecified atom stereocenters. The molecule has 0 aliphatic carbocycles. The van der Waals surface area contributed by atoms with Crippen molar-refractivity contribution in [3.05, 3.63) is 27.7 Å². The summed E-state index contributed by atoms with van der Waals surface area (Å²) in [7, 11) is 1.71. The van der Waals surface area contributed by atoms with Gasteiger partial charge in [0.05, 0.1) is 7.11 Å². The maximum absolute atomic E-state index is 5.29. The summed E-state index contributed by atoms with van der Waals surface area (Å²) in [5.41, 5.74) is 2.46. The van der Waals surface area contributed by atoms with Crippen LogP contribution in [0.1, 0.15) is 30.9 Å². The first kappa shape index (κ1) is 10.6. The van der Waals surface area contributed by atoms with Gasteiger partial charge in [-0.3, -0.25) is 0 Å². The minimum atomic E-state index is 0.533. The molecule has 0 heterocycles. The van der Waals surface area contributed by atoms with Gasteiger partial charge in [-0.05, 0) is 30.5 Å². The molecule has 0 aromatic heterocycles. The number of hydrogen-bond acceptors (Lipinski definition) is 1. The highest BCUT2D eigenvalue weighted by Gasteiger charge is 2.07. The zero-order valence-electron chi connectivity index (χ0n) is 8.52. The highest BCUT2D eigenvalue weighted by molar-refractivity contribution is 9.10. The minimum Gasteiger partial charge on any atom is -0.496 e. The van der Waals surface area contributed by atoms with Gasteiger partial charge in [-0.25, -0.2) is 0 Å². The Morgan fingerprint density at radius 3 is 2.38 bits per heavy atom. The molecule has 0 fully saturated rings. The Kier molecular flexibility index (Phi) is 3.37. The van der Waals surface area contributed by atoms with Crippen LogP contribution in [0.5, 0.6) is 5.75 Å². The van der Waals surface area contributed by atoms with E-state index in [9.17, 15) is 0 Å². The monoisotopic (exact) mass is 242 g/mol. The van der Waals surface area contributed by atoms with E-state index in [4.69, 9.17) is 4.74 Å². The number of rotatable bonds is 2. The van der Waals surface area contributed by atoms with E-state index in [2.05, 4.69) is 41.9 Å². The van der Waals surface area contributed by atoms with Gasteiger partial charge in [-0.15, -0.1) is 0 Å². The third-order valence-electron chi connectivity index (χ3n) is 2.21. The van der Waals surface area contributed by atoms with Crippen LogP contribution < -0.4 is 4.74 Å². The van der Waals surface area contributed by atoms with Crippen LogP contribution in [-0.2, 0) is 0 Å². The maximum atomic E-state index is 5.29. The minimum absolute atomic E-state index is 0.533. The fraction of sp³-hybridized carbons (Fsp3) is 0.455. The van der Waals surface area contributed by atoms with Crippen LogP contribution in [0.3, 0.4) is 0 Å². The van der Waals surface area contributed by atoms with Gasteiger partial charge in [0, 0.05) is 10.0 Å². The molecule has 72 valence electrons. The molecule has 0 radical (unpaired) electrons. The fourth-order valence-electron chi connectivity index (χ4n) is 1.22. The lowest BCUT2D eigenvalue weighted by atomic mass is 10.0. The lowest BCUT2D eigenvalue weighted by Crippen LogP contribution is -1.93. The fourth-order valence-corrected chi connectivity index (χ4v) is 1.68. The summed E-state index contributed by atoms with van der Waals surface area (Å²) in [6.45, 7) is 6.40. The summed E-state index contributed by atoms with van der Waals surface area (Å²) in [5.74, 6) is 1.49. The first-order valence-electron chi connectivity index (χ1n) is 4.40. The van der Waals surface area contributed by atoms with Gasteiger partial charge in [0.25, 0.3) is 0 Å². The molecule has 1 rings (SSSR count).